The van der Waals surface area contributed by atoms with Gasteiger partial charge in [0.1, 0.15) is 34.8 Å². The van der Waals surface area contributed by atoms with E-state index in [4.69, 9.17) is 11.2 Å². The molecule has 3 saturated heterocycles. The molecule has 9 nitrogen and oxygen atoms in total. The van der Waals surface area contributed by atoms with Crippen molar-refractivity contribution < 1.29 is 84.5 Å². The van der Waals surface area contributed by atoms with E-state index in [9.17, 15) is 19.1 Å². The van der Waals surface area contributed by atoms with Crippen LogP contribution in [0.3, 0.4) is 0 Å². The average molecular weight is 660 g/mol. The number of aromatic hydroxyl groups is 1. The molecule has 0 saturated carbocycles. The summed E-state index contributed by atoms with van der Waals surface area (Å²) in [7, 11) is 0. The molecule has 0 bridgehead atoms. The Morgan fingerprint density at radius 3 is 2.72 bits per heavy atom. The zero-order valence-electron chi connectivity index (χ0n) is 26.0. The number of phenolic OH excluding ortho intramolecular Hbond substituents is 1. The molecule has 2 aromatic carbocycles. The van der Waals surface area contributed by atoms with Crippen molar-refractivity contribution in [3.8, 4) is 35.4 Å². The van der Waals surface area contributed by atoms with Crippen LogP contribution in [-0.2, 0) is 4.74 Å². The monoisotopic (exact) mass is 659 g/mol. The summed E-state index contributed by atoms with van der Waals surface area (Å²) in [6.07, 6.45) is 9.66. The molecule has 46 heavy (non-hydrogen) atoms. The number of nitrogens with zero attached hydrogens (tertiary/aromatic N) is 5. The van der Waals surface area contributed by atoms with Crippen molar-refractivity contribution >= 4 is 27.5 Å². The topological polar surface area (TPSA) is 107 Å². The Kier molecular flexibility index (Phi) is 11.1. The molecule has 4 atom stereocenters. The van der Waals surface area contributed by atoms with Gasteiger partial charge < -0.3 is 24.9 Å². The summed E-state index contributed by atoms with van der Waals surface area (Å²) in [5.74, 6) is 0.981. The van der Waals surface area contributed by atoms with Gasteiger partial charge in [-0.1, -0.05) is 18.9 Å². The number of terminal acetylenes is 1. The number of halogens is 3. The molecule has 0 radical (unpaired) electrons. The second-order valence-corrected chi connectivity index (χ2v) is 11.9. The third-order valence-electron chi connectivity index (χ3n) is 8.88. The van der Waals surface area contributed by atoms with Gasteiger partial charge in [-0.3, -0.25) is 9.88 Å². The molecule has 0 aliphatic carbocycles. The standard InChI is InChI=1S/C25H20F2N4O4.C8H14FN.K/c1-3-16-19(26)5-4-14-8-15(32)9-17(20(14)16)22-21(27)23-18(10-28-22)24(30-25(29-23)35-33)31-6-7-34-12-13(2)11-31;1-6-8(9)5-7-3-2-4-10(6)7;/h1,4-5,8-10,13,32-33H,6-7,11-12H2,2H3;6-8H,2-5H2,1H3;/q;;+1/p-1. The van der Waals surface area contributed by atoms with Crippen LogP contribution < -0.4 is 66.4 Å². The molecule has 7 rings (SSSR count). The van der Waals surface area contributed by atoms with Crippen molar-refractivity contribution in [3.63, 3.8) is 0 Å². The van der Waals surface area contributed by atoms with E-state index >= 15 is 4.39 Å². The van der Waals surface area contributed by atoms with Gasteiger partial charge in [0.05, 0.1) is 24.2 Å². The van der Waals surface area contributed by atoms with Crippen LogP contribution in [0.25, 0.3) is 32.9 Å². The molecule has 1 N–H and O–H groups in total. The molecule has 4 unspecified atom stereocenters. The minimum absolute atomic E-state index is 0. The van der Waals surface area contributed by atoms with Crippen molar-refractivity contribution in [3.05, 3.63) is 47.7 Å². The van der Waals surface area contributed by atoms with Crippen LogP contribution in [0.4, 0.5) is 19.0 Å². The first-order chi connectivity index (χ1) is 21.7. The van der Waals surface area contributed by atoms with Crippen molar-refractivity contribution in [2.24, 2.45) is 5.92 Å². The van der Waals surface area contributed by atoms with E-state index in [1.54, 1.807) is 0 Å². The molecule has 3 aliphatic rings. The fourth-order valence-corrected chi connectivity index (χ4v) is 6.72. The SMILES string of the molecule is C#Cc1c(F)ccc2cc(O)cc(-c3ncc4c(N5CCOCC(C)C5)nc(O[O-])nc4c3F)c12.CC1C(F)CC2CCCN21.[K+]. The Balaban J connectivity index is 0.000000321. The van der Waals surface area contributed by atoms with Gasteiger partial charge >= 0.3 is 57.4 Å². The number of rotatable bonds is 3. The molecular weight excluding hydrogens is 626 g/mol. The summed E-state index contributed by atoms with van der Waals surface area (Å²) >= 11 is 0. The van der Waals surface area contributed by atoms with Gasteiger partial charge in [-0.2, -0.15) is 9.97 Å². The minimum atomic E-state index is -0.900. The molecular formula is C33H33F3KN5O4. The number of ether oxygens (including phenoxy) is 1. The van der Waals surface area contributed by atoms with E-state index in [-0.39, 0.29) is 108 Å². The fourth-order valence-electron chi connectivity index (χ4n) is 6.72. The van der Waals surface area contributed by atoms with Gasteiger partial charge in [-0.25, -0.2) is 13.2 Å². The number of alkyl halides is 1. The third-order valence-corrected chi connectivity index (χ3v) is 8.88. The van der Waals surface area contributed by atoms with Gasteiger partial charge in [0.2, 0.25) is 0 Å². The van der Waals surface area contributed by atoms with Crippen molar-refractivity contribution in [1.29, 1.82) is 0 Å². The maximum atomic E-state index is 16.0. The summed E-state index contributed by atoms with van der Waals surface area (Å²) in [4.78, 5) is 20.6. The van der Waals surface area contributed by atoms with Crippen LogP contribution in [0.2, 0.25) is 0 Å². The predicted octanol–water partition coefficient (Wildman–Crippen LogP) is 1.52. The molecule has 236 valence electrons. The summed E-state index contributed by atoms with van der Waals surface area (Å²) in [6.45, 7) is 7.13. The first-order valence-electron chi connectivity index (χ1n) is 15.0. The number of aromatic nitrogens is 3. The molecule has 5 heterocycles. The van der Waals surface area contributed by atoms with E-state index in [0.717, 1.165) is 13.0 Å². The molecule has 3 fully saturated rings. The molecule has 3 aliphatic heterocycles. The molecule has 0 spiro atoms. The number of fused-ring (bicyclic) bond motifs is 3. The molecule has 2 aromatic heterocycles. The minimum Gasteiger partial charge on any atom is -0.661 e. The van der Waals surface area contributed by atoms with E-state index in [1.807, 2.05) is 18.7 Å². The first-order valence-corrected chi connectivity index (χ1v) is 15.0. The normalized spacial score (nSPS) is 22.8. The summed E-state index contributed by atoms with van der Waals surface area (Å²) < 4.78 is 49.0. The van der Waals surface area contributed by atoms with Gasteiger partial charge in [-0.15, -0.1) is 6.42 Å². The summed E-state index contributed by atoms with van der Waals surface area (Å²) in [5.41, 5.74) is -0.453. The maximum Gasteiger partial charge on any atom is 1.00 e. The van der Waals surface area contributed by atoms with Crippen molar-refractivity contribution in [1.82, 2.24) is 19.9 Å². The van der Waals surface area contributed by atoms with E-state index in [1.165, 1.54) is 43.3 Å². The van der Waals surface area contributed by atoms with E-state index in [0.29, 0.717) is 37.7 Å². The largest absolute Gasteiger partial charge is 1.00 e. The Hall–Kier alpha value is -2.54. The fraction of sp³-hybridized carbons (Fsp3) is 0.424. The molecule has 0 amide bonds. The number of hydrogen-bond donors (Lipinski definition) is 1. The van der Waals surface area contributed by atoms with Crippen molar-refractivity contribution in [2.75, 3.05) is 37.7 Å². The van der Waals surface area contributed by atoms with Crippen LogP contribution in [0.1, 0.15) is 38.7 Å². The predicted molar refractivity (Wildman–Crippen MR) is 161 cm³/mol. The Morgan fingerprint density at radius 1 is 1.17 bits per heavy atom. The number of pyridine rings is 1. The van der Waals surface area contributed by atoms with E-state index < -0.39 is 23.8 Å². The van der Waals surface area contributed by atoms with Gasteiger partial charge in [-0.05, 0) is 62.2 Å². The Labute approximate surface area is 307 Å². The molecule has 13 heteroatoms. The van der Waals surface area contributed by atoms with Crippen molar-refractivity contribution in [2.45, 2.75) is 51.4 Å². The average Bonchev–Trinajstić information content (AvgIpc) is 3.51. The number of phenols is 1. The zero-order chi connectivity index (χ0) is 31.8. The van der Waals surface area contributed by atoms with Crippen LogP contribution in [-0.4, -0.2) is 76.1 Å². The summed E-state index contributed by atoms with van der Waals surface area (Å²) in [6, 6.07) is 5.48. The van der Waals surface area contributed by atoms with Crippen LogP contribution >= 0.6 is 0 Å². The van der Waals surface area contributed by atoms with Gasteiger partial charge in [0, 0.05) is 42.3 Å². The first kappa shape index (κ1) is 34.8. The number of hydrogen-bond acceptors (Lipinski definition) is 9. The number of anilines is 1. The summed E-state index contributed by atoms with van der Waals surface area (Å²) in [5, 5.41) is 22.4. The molecule has 4 aromatic rings. The third kappa shape index (κ3) is 6.72. The van der Waals surface area contributed by atoms with Crippen LogP contribution in [0.5, 0.6) is 11.8 Å². The van der Waals surface area contributed by atoms with Gasteiger partial charge in [0.15, 0.2) is 5.82 Å². The Bertz CT molecular complexity index is 1790. The maximum absolute atomic E-state index is 16.0. The van der Waals surface area contributed by atoms with E-state index in [2.05, 4.69) is 30.7 Å². The Morgan fingerprint density at radius 2 is 1.98 bits per heavy atom. The number of benzene rings is 2. The zero-order valence-corrected chi connectivity index (χ0v) is 29.1. The smallest absolute Gasteiger partial charge is 0.661 e. The van der Waals surface area contributed by atoms with Crippen LogP contribution in [0.15, 0.2) is 30.5 Å². The van der Waals surface area contributed by atoms with Crippen LogP contribution in [0, 0.1) is 29.9 Å². The second-order valence-electron chi connectivity index (χ2n) is 11.9. The quantitative estimate of drug-likeness (QED) is 0.152. The second kappa shape index (κ2) is 14.7. The van der Waals surface area contributed by atoms with Gasteiger partial charge in [0.25, 0.3) is 0 Å².